The van der Waals surface area contributed by atoms with Crippen LogP contribution in [0.25, 0.3) is 0 Å². The number of piperazine rings is 1. The Balaban J connectivity index is 0.00000156. The van der Waals surface area contributed by atoms with Gasteiger partial charge in [0.1, 0.15) is 6.04 Å². The molecule has 144 valence electrons. The monoisotopic (exact) mass is 409 g/mol. The molecule has 2 aliphatic heterocycles. The maximum Gasteiger partial charge on any atom is 0.242 e. The largest absolute Gasteiger partial charge is 0.375 e. The molecule has 0 bridgehead atoms. The molecule has 0 unspecified atom stereocenters. The van der Waals surface area contributed by atoms with Gasteiger partial charge in [0, 0.05) is 49.0 Å². The molecule has 3 rings (SSSR count). The van der Waals surface area contributed by atoms with E-state index >= 15 is 0 Å². The van der Waals surface area contributed by atoms with E-state index < -0.39 is 0 Å². The van der Waals surface area contributed by atoms with Gasteiger partial charge in [0.15, 0.2) is 0 Å². The minimum Gasteiger partial charge on any atom is -0.375 e. The van der Waals surface area contributed by atoms with Crippen molar-refractivity contribution in [1.82, 2.24) is 15.1 Å². The van der Waals surface area contributed by atoms with Crippen LogP contribution >= 0.6 is 36.2 Å². The van der Waals surface area contributed by atoms with Crippen LogP contribution in [0.5, 0.6) is 0 Å². The standard InChI is InChI=1S/C17H27N3O2S.2ClH/c1-3-14-4-5-15(23-14)12-19-7-9-20(10-8-19)17(21)16-13(2)22-11-6-18-16;;/h4-5,13,16,18H,3,6-12H2,1-2H3;2*1H/t13-,16+;;/m1../s1. The number of hydrogen-bond donors (Lipinski definition) is 1. The van der Waals surface area contributed by atoms with Gasteiger partial charge in [-0.2, -0.15) is 0 Å². The maximum atomic E-state index is 12.6. The van der Waals surface area contributed by atoms with Crippen molar-refractivity contribution < 1.29 is 9.53 Å². The van der Waals surface area contributed by atoms with Crippen LogP contribution in [0.3, 0.4) is 0 Å². The molecular weight excluding hydrogens is 381 g/mol. The van der Waals surface area contributed by atoms with Gasteiger partial charge in [-0.05, 0) is 25.5 Å². The summed E-state index contributed by atoms with van der Waals surface area (Å²) in [6.07, 6.45) is 1.08. The quantitative estimate of drug-likeness (QED) is 0.827. The van der Waals surface area contributed by atoms with E-state index in [4.69, 9.17) is 4.74 Å². The van der Waals surface area contributed by atoms with Crippen molar-refractivity contribution in [2.24, 2.45) is 0 Å². The lowest BCUT2D eigenvalue weighted by Crippen LogP contribution is -2.59. The first-order valence-corrected chi connectivity index (χ1v) is 9.42. The second-order valence-corrected chi connectivity index (χ2v) is 7.58. The van der Waals surface area contributed by atoms with Gasteiger partial charge in [-0.15, -0.1) is 36.2 Å². The Labute approximate surface area is 166 Å². The Morgan fingerprint density at radius 1 is 1.24 bits per heavy atom. The second-order valence-electron chi connectivity index (χ2n) is 6.33. The molecule has 5 nitrogen and oxygen atoms in total. The summed E-state index contributed by atoms with van der Waals surface area (Å²) in [5, 5.41) is 3.30. The summed E-state index contributed by atoms with van der Waals surface area (Å²) in [4.78, 5) is 20.0. The SMILES string of the molecule is CCc1ccc(CN2CCN(C(=O)[C@H]3NCCO[C@@H]3C)CC2)s1.Cl.Cl. The molecular formula is C17H29Cl2N3O2S. The fourth-order valence-electron chi connectivity index (χ4n) is 3.25. The molecule has 25 heavy (non-hydrogen) atoms. The highest BCUT2D eigenvalue weighted by Gasteiger charge is 2.33. The number of ether oxygens (including phenoxy) is 1. The second kappa shape index (κ2) is 10.7. The Morgan fingerprint density at radius 3 is 2.52 bits per heavy atom. The van der Waals surface area contributed by atoms with Gasteiger partial charge in [-0.25, -0.2) is 0 Å². The van der Waals surface area contributed by atoms with Crippen molar-refractivity contribution in [2.45, 2.75) is 39.0 Å². The molecule has 2 saturated heterocycles. The van der Waals surface area contributed by atoms with E-state index in [9.17, 15) is 4.79 Å². The summed E-state index contributed by atoms with van der Waals surface area (Å²) in [5.74, 6) is 0.196. The van der Waals surface area contributed by atoms with Gasteiger partial charge >= 0.3 is 0 Å². The number of nitrogens with one attached hydrogen (secondary N) is 1. The van der Waals surface area contributed by atoms with Crippen LogP contribution in [0.4, 0.5) is 0 Å². The molecule has 1 aromatic rings. The van der Waals surface area contributed by atoms with Crippen molar-refractivity contribution in [3.05, 3.63) is 21.9 Å². The van der Waals surface area contributed by atoms with Crippen molar-refractivity contribution in [1.29, 1.82) is 0 Å². The lowest BCUT2D eigenvalue weighted by molar-refractivity contribution is -0.141. The summed E-state index contributed by atoms with van der Waals surface area (Å²) in [6.45, 7) is 10.2. The first-order valence-electron chi connectivity index (χ1n) is 8.61. The maximum absolute atomic E-state index is 12.6. The third-order valence-corrected chi connectivity index (χ3v) is 5.93. The third-order valence-electron chi connectivity index (χ3n) is 4.71. The van der Waals surface area contributed by atoms with Crippen LogP contribution in [0.1, 0.15) is 23.6 Å². The minimum absolute atomic E-state index is 0. The summed E-state index contributed by atoms with van der Waals surface area (Å²) in [6, 6.07) is 4.29. The molecule has 0 aromatic carbocycles. The molecule has 8 heteroatoms. The lowest BCUT2D eigenvalue weighted by atomic mass is 10.1. The van der Waals surface area contributed by atoms with E-state index in [2.05, 4.69) is 29.3 Å². The molecule has 0 aliphatic carbocycles. The average Bonchev–Trinajstić information content (AvgIpc) is 3.03. The smallest absolute Gasteiger partial charge is 0.242 e. The van der Waals surface area contributed by atoms with Crippen molar-refractivity contribution >= 4 is 42.1 Å². The third kappa shape index (κ3) is 5.81. The fourth-order valence-corrected chi connectivity index (χ4v) is 4.25. The van der Waals surface area contributed by atoms with E-state index in [1.54, 1.807) is 0 Å². The normalized spacial score (nSPS) is 24.3. The number of morpholine rings is 1. The van der Waals surface area contributed by atoms with Gasteiger partial charge in [0.2, 0.25) is 5.91 Å². The predicted octanol–water partition coefficient (Wildman–Crippen LogP) is 2.18. The average molecular weight is 410 g/mol. The molecule has 0 saturated carbocycles. The molecule has 1 N–H and O–H groups in total. The Bertz CT molecular complexity index is 536. The number of carbonyl (C=O) groups excluding carboxylic acids is 1. The lowest BCUT2D eigenvalue weighted by Gasteiger charge is -2.38. The first-order chi connectivity index (χ1) is 11.2. The summed E-state index contributed by atoms with van der Waals surface area (Å²) in [5.41, 5.74) is 0. The molecule has 1 amide bonds. The number of hydrogen-bond acceptors (Lipinski definition) is 5. The van der Waals surface area contributed by atoms with E-state index in [-0.39, 0.29) is 42.9 Å². The summed E-state index contributed by atoms with van der Waals surface area (Å²) >= 11 is 1.91. The zero-order valence-corrected chi connectivity index (χ0v) is 17.4. The molecule has 2 aliphatic rings. The van der Waals surface area contributed by atoms with Gasteiger partial charge in [0.05, 0.1) is 12.7 Å². The number of rotatable bonds is 4. The summed E-state index contributed by atoms with van der Waals surface area (Å²) in [7, 11) is 0. The van der Waals surface area contributed by atoms with Crippen LogP contribution in [0.2, 0.25) is 0 Å². The molecule has 1 aromatic heterocycles. The van der Waals surface area contributed by atoms with Crippen molar-refractivity contribution in [3.8, 4) is 0 Å². The van der Waals surface area contributed by atoms with Gasteiger partial charge in [-0.1, -0.05) is 6.92 Å². The van der Waals surface area contributed by atoms with Crippen molar-refractivity contribution in [3.63, 3.8) is 0 Å². The topological polar surface area (TPSA) is 44.8 Å². The van der Waals surface area contributed by atoms with E-state index in [0.717, 1.165) is 45.7 Å². The number of halogens is 2. The van der Waals surface area contributed by atoms with Crippen LogP contribution in [0, 0.1) is 0 Å². The number of nitrogens with zero attached hydrogens (tertiary/aromatic N) is 2. The highest BCUT2D eigenvalue weighted by atomic mass is 35.5. The predicted molar refractivity (Wildman–Crippen MR) is 107 cm³/mol. The Morgan fingerprint density at radius 2 is 1.92 bits per heavy atom. The zero-order valence-electron chi connectivity index (χ0n) is 14.9. The number of aryl methyl sites for hydroxylation is 1. The molecule has 2 atom stereocenters. The van der Waals surface area contributed by atoms with Crippen LogP contribution in [-0.2, 0) is 22.5 Å². The number of amides is 1. The number of thiophene rings is 1. The van der Waals surface area contributed by atoms with Gasteiger partial charge in [-0.3, -0.25) is 9.69 Å². The van der Waals surface area contributed by atoms with Crippen LogP contribution in [0.15, 0.2) is 12.1 Å². The molecule has 3 heterocycles. The van der Waals surface area contributed by atoms with Crippen LogP contribution < -0.4 is 5.32 Å². The van der Waals surface area contributed by atoms with E-state index in [1.807, 2.05) is 23.2 Å². The summed E-state index contributed by atoms with van der Waals surface area (Å²) < 4.78 is 5.60. The number of carbonyl (C=O) groups is 1. The highest BCUT2D eigenvalue weighted by Crippen LogP contribution is 2.19. The molecule has 0 radical (unpaired) electrons. The van der Waals surface area contributed by atoms with Gasteiger partial charge in [0.25, 0.3) is 0 Å². The van der Waals surface area contributed by atoms with E-state index in [1.165, 1.54) is 9.75 Å². The van der Waals surface area contributed by atoms with Gasteiger partial charge < -0.3 is 15.0 Å². The fraction of sp³-hybridized carbons (Fsp3) is 0.706. The first kappa shape index (κ1) is 22.7. The van der Waals surface area contributed by atoms with Crippen LogP contribution in [-0.4, -0.2) is 67.2 Å². The Hall–Kier alpha value is -0.370. The zero-order chi connectivity index (χ0) is 16.2. The minimum atomic E-state index is -0.181. The van der Waals surface area contributed by atoms with E-state index in [0.29, 0.717) is 6.61 Å². The van der Waals surface area contributed by atoms with Crippen molar-refractivity contribution in [2.75, 3.05) is 39.3 Å². The molecule has 0 spiro atoms. The Kier molecular flexibility index (Phi) is 9.70. The highest BCUT2D eigenvalue weighted by molar-refractivity contribution is 7.11. The molecule has 2 fully saturated rings.